The molecule has 0 radical (unpaired) electrons. The molecule has 2 rings (SSSR count). The summed E-state index contributed by atoms with van der Waals surface area (Å²) in [5.41, 5.74) is 2.27. The van der Waals surface area contributed by atoms with Gasteiger partial charge < -0.3 is 9.84 Å². The molecule has 0 amide bonds. The molecule has 0 spiro atoms. The number of rotatable bonds is 5. The van der Waals surface area contributed by atoms with Crippen LogP contribution in [0.5, 0.6) is 0 Å². The second kappa shape index (κ2) is 5.42. The molecule has 1 unspecified atom stereocenters. The Bertz CT molecular complexity index is 478. The van der Waals surface area contributed by atoms with Gasteiger partial charge in [0.05, 0.1) is 0 Å². The Labute approximate surface area is 105 Å². The third-order valence-corrected chi connectivity index (χ3v) is 3.46. The zero-order valence-electron chi connectivity index (χ0n) is 10.4. The Hall–Kier alpha value is -1.20. The summed E-state index contributed by atoms with van der Waals surface area (Å²) in [6.45, 7) is 7.21. The summed E-state index contributed by atoms with van der Waals surface area (Å²) in [5, 5.41) is 11.5. The Kier molecular flexibility index (Phi) is 3.91. The molecule has 2 aromatic rings. The topological polar surface area (TPSA) is 51.0 Å². The van der Waals surface area contributed by atoms with Gasteiger partial charge in [-0.15, -0.1) is 0 Å². The summed E-state index contributed by atoms with van der Waals surface area (Å²) >= 11 is 1.66. The molecular weight excluding hydrogens is 234 g/mol. The predicted molar refractivity (Wildman–Crippen MR) is 69.2 cm³/mol. The summed E-state index contributed by atoms with van der Waals surface area (Å²) in [6, 6.07) is 0.358. The molecule has 0 fully saturated rings. The molecule has 1 atom stereocenters. The largest absolute Gasteiger partial charge is 0.339 e. The van der Waals surface area contributed by atoms with Crippen molar-refractivity contribution >= 4 is 11.3 Å². The van der Waals surface area contributed by atoms with E-state index in [0.717, 1.165) is 18.5 Å². The number of nitrogens with zero attached hydrogens (tertiary/aromatic N) is 2. The third kappa shape index (κ3) is 2.92. The van der Waals surface area contributed by atoms with Gasteiger partial charge in [-0.2, -0.15) is 16.3 Å². The van der Waals surface area contributed by atoms with Crippen LogP contribution in [0.1, 0.15) is 25.3 Å². The van der Waals surface area contributed by atoms with Crippen molar-refractivity contribution in [3.8, 4) is 11.4 Å². The molecule has 4 nitrogen and oxygen atoms in total. The van der Waals surface area contributed by atoms with Gasteiger partial charge in [-0.1, -0.05) is 12.1 Å². The SMILES string of the molecule is CCNC(C)Cc1nc(-c2cscc2C)no1. The van der Waals surface area contributed by atoms with Gasteiger partial charge in [0.25, 0.3) is 0 Å². The number of aromatic nitrogens is 2. The van der Waals surface area contributed by atoms with Crippen LogP contribution in [0.25, 0.3) is 11.4 Å². The number of likely N-dealkylation sites (N-methyl/N-ethyl adjacent to an activating group) is 1. The van der Waals surface area contributed by atoms with Crippen molar-refractivity contribution in [2.24, 2.45) is 0 Å². The Morgan fingerprint density at radius 2 is 2.29 bits per heavy atom. The van der Waals surface area contributed by atoms with E-state index in [4.69, 9.17) is 4.52 Å². The molecule has 92 valence electrons. The highest BCUT2D eigenvalue weighted by Gasteiger charge is 2.13. The van der Waals surface area contributed by atoms with Gasteiger partial charge in [-0.3, -0.25) is 0 Å². The first-order valence-electron chi connectivity index (χ1n) is 5.79. The van der Waals surface area contributed by atoms with Crippen LogP contribution in [0.15, 0.2) is 15.3 Å². The minimum Gasteiger partial charge on any atom is -0.339 e. The standard InChI is InChI=1S/C12H17N3OS/c1-4-13-9(3)5-11-14-12(15-16-11)10-7-17-6-8(10)2/h6-7,9,13H,4-5H2,1-3H3. The van der Waals surface area contributed by atoms with Crippen LogP contribution in [0, 0.1) is 6.92 Å². The first kappa shape index (κ1) is 12.3. The highest BCUT2D eigenvalue weighted by atomic mass is 32.1. The van der Waals surface area contributed by atoms with Crippen molar-refractivity contribution in [3.63, 3.8) is 0 Å². The van der Waals surface area contributed by atoms with Gasteiger partial charge in [-0.05, 0) is 31.3 Å². The van der Waals surface area contributed by atoms with E-state index in [1.165, 1.54) is 5.56 Å². The van der Waals surface area contributed by atoms with Crippen molar-refractivity contribution in [2.45, 2.75) is 33.2 Å². The maximum Gasteiger partial charge on any atom is 0.228 e. The van der Waals surface area contributed by atoms with E-state index in [1.807, 2.05) is 0 Å². The molecule has 0 aliphatic rings. The number of hydrogen-bond acceptors (Lipinski definition) is 5. The first-order chi connectivity index (χ1) is 8.20. The molecule has 0 aliphatic carbocycles. The molecule has 5 heteroatoms. The summed E-state index contributed by atoms with van der Waals surface area (Å²) < 4.78 is 5.26. The fourth-order valence-electron chi connectivity index (χ4n) is 1.72. The lowest BCUT2D eigenvalue weighted by Crippen LogP contribution is -2.27. The number of hydrogen-bond donors (Lipinski definition) is 1. The second-order valence-corrected chi connectivity index (χ2v) is 4.89. The quantitative estimate of drug-likeness (QED) is 0.887. The van der Waals surface area contributed by atoms with Crippen molar-refractivity contribution in [1.29, 1.82) is 0 Å². The lowest BCUT2D eigenvalue weighted by molar-refractivity contribution is 0.363. The summed E-state index contributed by atoms with van der Waals surface area (Å²) in [6.07, 6.45) is 0.768. The fraction of sp³-hybridized carbons (Fsp3) is 0.500. The second-order valence-electron chi connectivity index (χ2n) is 4.14. The Balaban J connectivity index is 2.09. The van der Waals surface area contributed by atoms with Crippen LogP contribution in [0.4, 0.5) is 0 Å². The van der Waals surface area contributed by atoms with Gasteiger partial charge in [0, 0.05) is 23.4 Å². The van der Waals surface area contributed by atoms with E-state index in [9.17, 15) is 0 Å². The minimum absolute atomic E-state index is 0.358. The van der Waals surface area contributed by atoms with E-state index in [-0.39, 0.29) is 0 Å². The fourth-order valence-corrected chi connectivity index (χ4v) is 2.55. The highest BCUT2D eigenvalue weighted by molar-refractivity contribution is 7.08. The average Bonchev–Trinajstić information content (AvgIpc) is 2.87. The van der Waals surface area contributed by atoms with E-state index >= 15 is 0 Å². The molecule has 2 aromatic heterocycles. The highest BCUT2D eigenvalue weighted by Crippen LogP contribution is 2.24. The van der Waals surface area contributed by atoms with Crippen molar-refractivity contribution in [3.05, 3.63) is 22.2 Å². The van der Waals surface area contributed by atoms with Crippen LogP contribution in [-0.4, -0.2) is 22.7 Å². The van der Waals surface area contributed by atoms with Gasteiger partial charge in [0.15, 0.2) is 0 Å². The van der Waals surface area contributed by atoms with E-state index in [0.29, 0.717) is 17.8 Å². The van der Waals surface area contributed by atoms with Crippen LogP contribution in [0.3, 0.4) is 0 Å². The summed E-state index contributed by atoms with van der Waals surface area (Å²) in [5.74, 6) is 1.39. The average molecular weight is 251 g/mol. The molecule has 1 N–H and O–H groups in total. The van der Waals surface area contributed by atoms with Crippen molar-refractivity contribution in [2.75, 3.05) is 6.54 Å². The van der Waals surface area contributed by atoms with Gasteiger partial charge in [-0.25, -0.2) is 0 Å². The first-order valence-corrected chi connectivity index (χ1v) is 6.74. The number of thiophene rings is 1. The van der Waals surface area contributed by atoms with Crippen LogP contribution in [-0.2, 0) is 6.42 Å². The predicted octanol–water partition coefficient (Wildman–Crippen LogP) is 2.65. The van der Waals surface area contributed by atoms with Crippen LogP contribution >= 0.6 is 11.3 Å². The molecular formula is C12H17N3OS. The number of aryl methyl sites for hydroxylation is 1. The molecule has 0 bridgehead atoms. The van der Waals surface area contributed by atoms with E-state index < -0.39 is 0 Å². The zero-order chi connectivity index (χ0) is 12.3. The molecule has 0 aliphatic heterocycles. The van der Waals surface area contributed by atoms with Gasteiger partial charge >= 0.3 is 0 Å². The molecule has 17 heavy (non-hydrogen) atoms. The lowest BCUT2D eigenvalue weighted by Gasteiger charge is -2.07. The normalized spacial score (nSPS) is 12.9. The maximum atomic E-state index is 5.26. The smallest absolute Gasteiger partial charge is 0.228 e. The summed E-state index contributed by atoms with van der Waals surface area (Å²) in [4.78, 5) is 4.42. The minimum atomic E-state index is 0.358. The van der Waals surface area contributed by atoms with E-state index in [2.05, 4.69) is 47.0 Å². The third-order valence-electron chi connectivity index (χ3n) is 2.60. The Morgan fingerprint density at radius 1 is 1.47 bits per heavy atom. The van der Waals surface area contributed by atoms with Crippen molar-refractivity contribution in [1.82, 2.24) is 15.5 Å². The van der Waals surface area contributed by atoms with Gasteiger partial charge in [0.1, 0.15) is 0 Å². The zero-order valence-corrected chi connectivity index (χ0v) is 11.2. The lowest BCUT2D eigenvalue weighted by atomic mass is 10.2. The van der Waals surface area contributed by atoms with Crippen LogP contribution in [0.2, 0.25) is 0 Å². The van der Waals surface area contributed by atoms with Crippen LogP contribution < -0.4 is 5.32 Å². The summed E-state index contributed by atoms with van der Waals surface area (Å²) in [7, 11) is 0. The molecule has 0 saturated carbocycles. The molecule has 2 heterocycles. The van der Waals surface area contributed by atoms with Gasteiger partial charge in [0.2, 0.25) is 11.7 Å². The monoisotopic (exact) mass is 251 g/mol. The number of nitrogens with one attached hydrogen (secondary N) is 1. The molecule has 0 saturated heterocycles. The Morgan fingerprint density at radius 3 is 2.94 bits per heavy atom. The van der Waals surface area contributed by atoms with E-state index in [1.54, 1.807) is 11.3 Å². The maximum absolute atomic E-state index is 5.26. The van der Waals surface area contributed by atoms with Crippen molar-refractivity contribution < 1.29 is 4.52 Å². The molecule has 0 aromatic carbocycles.